The van der Waals surface area contributed by atoms with Crippen molar-refractivity contribution in [2.45, 2.75) is 37.9 Å². The number of carboxylic acid groups (broad SMARTS) is 1. The zero-order valence-electron chi connectivity index (χ0n) is 14.6. The van der Waals surface area contributed by atoms with E-state index in [1.54, 1.807) is 0 Å². The number of hydrogen-bond acceptors (Lipinski definition) is 7. The summed E-state index contributed by atoms with van der Waals surface area (Å²) in [6.07, 6.45) is 1.76. The first-order chi connectivity index (χ1) is 12.1. The van der Waals surface area contributed by atoms with Crippen LogP contribution in [0.1, 0.15) is 19.8 Å². The Kier molecular flexibility index (Phi) is 11.0. The average molecular weight is 391 g/mol. The predicted octanol–water partition coefficient (Wildman–Crippen LogP) is -2.87. The quantitative estimate of drug-likeness (QED) is 0.204. The number of aliphatic carboxylic acids is 1. The van der Waals surface area contributed by atoms with Crippen LogP contribution < -0.4 is 27.4 Å². The van der Waals surface area contributed by atoms with Gasteiger partial charge in [0.15, 0.2) is 0 Å². The Hall–Kier alpha value is -2.34. The number of amides is 4. The summed E-state index contributed by atoms with van der Waals surface area (Å²) in [6, 6.07) is -3.24. The van der Waals surface area contributed by atoms with Crippen molar-refractivity contribution >= 4 is 41.4 Å². The van der Waals surface area contributed by atoms with Crippen LogP contribution in [0.5, 0.6) is 0 Å². The maximum absolute atomic E-state index is 12.2. The number of primary amides is 1. The fourth-order valence-electron chi connectivity index (χ4n) is 1.76. The van der Waals surface area contributed by atoms with Gasteiger partial charge < -0.3 is 32.5 Å². The molecule has 0 heterocycles. The van der Waals surface area contributed by atoms with Gasteiger partial charge in [-0.05, 0) is 25.4 Å². The molecule has 3 atom stereocenters. The molecule has 0 spiro atoms. The van der Waals surface area contributed by atoms with Gasteiger partial charge in [0.1, 0.15) is 18.6 Å². The van der Waals surface area contributed by atoms with Gasteiger partial charge in [-0.25, -0.2) is 0 Å². The zero-order chi connectivity index (χ0) is 20.3. The molecule has 8 N–H and O–H groups in total. The van der Waals surface area contributed by atoms with Crippen LogP contribution >= 0.6 is 11.8 Å². The minimum absolute atomic E-state index is 0.381. The minimum Gasteiger partial charge on any atom is -0.480 e. The molecule has 12 heteroatoms. The number of carboxylic acids is 1. The summed E-state index contributed by atoms with van der Waals surface area (Å²) in [5.74, 6) is -3.60. The van der Waals surface area contributed by atoms with Gasteiger partial charge in [0, 0.05) is 0 Å². The highest BCUT2D eigenvalue weighted by atomic mass is 32.2. The molecule has 0 aliphatic rings. The molecule has 4 amide bonds. The average Bonchev–Trinajstić information content (AvgIpc) is 2.55. The maximum atomic E-state index is 12.2. The fraction of sp³-hybridized carbons (Fsp3) is 0.643. The normalized spacial score (nSPS) is 13.8. The van der Waals surface area contributed by atoms with Gasteiger partial charge in [0.25, 0.3) is 0 Å². The molecule has 0 aliphatic carbocycles. The smallest absolute Gasteiger partial charge is 0.322 e. The molecule has 0 aromatic heterocycles. The van der Waals surface area contributed by atoms with Crippen LogP contribution in [-0.4, -0.2) is 71.4 Å². The van der Waals surface area contributed by atoms with E-state index in [2.05, 4.69) is 16.0 Å². The van der Waals surface area contributed by atoms with Crippen LogP contribution in [0.2, 0.25) is 0 Å². The first kappa shape index (κ1) is 23.7. The van der Waals surface area contributed by atoms with Crippen molar-refractivity contribution in [2.24, 2.45) is 11.5 Å². The summed E-state index contributed by atoms with van der Waals surface area (Å²) >= 11 is 1.50. The van der Waals surface area contributed by atoms with Gasteiger partial charge in [-0.1, -0.05) is 0 Å². The third kappa shape index (κ3) is 9.84. The van der Waals surface area contributed by atoms with E-state index in [1.165, 1.54) is 18.7 Å². The molecule has 11 nitrogen and oxygen atoms in total. The second-order valence-corrected chi connectivity index (χ2v) is 6.45. The lowest BCUT2D eigenvalue weighted by molar-refractivity contribution is -0.138. The van der Waals surface area contributed by atoms with E-state index >= 15 is 0 Å². The van der Waals surface area contributed by atoms with Crippen molar-refractivity contribution in [2.75, 3.05) is 18.6 Å². The maximum Gasteiger partial charge on any atom is 0.322 e. The number of carbonyl (C=O) groups is 5. The van der Waals surface area contributed by atoms with Crippen LogP contribution in [0.25, 0.3) is 0 Å². The van der Waals surface area contributed by atoms with E-state index < -0.39 is 60.7 Å². The number of thioether (sulfide) groups is 1. The molecule has 0 aromatic carbocycles. The fourth-order valence-corrected chi connectivity index (χ4v) is 2.25. The summed E-state index contributed by atoms with van der Waals surface area (Å²) in [4.78, 5) is 57.5. The molecule has 0 rings (SSSR count). The largest absolute Gasteiger partial charge is 0.480 e. The second kappa shape index (κ2) is 12.1. The summed E-state index contributed by atoms with van der Waals surface area (Å²) < 4.78 is 0. The Balaban J connectivity index is 4.82. The lowest BCUT2D eigenvalue weighted by Gasteiger charge is -2.21. The first-order valence-electron chi connectivity index (χ1n) is 7.71. The minimum atomic E-state index is -1.30. The van der Waals surface area contributed by atoms with Crippen molar-refractivity contribution in [3.05, 3.63) is 0 Å². The van der Waals surface area contributed by atoms with E-state index in [0.717, 1.165) is 0 Å². The van der Waals surface area contributed by atoms with Gasteiger partial charge in [-0.15, -0.1) is 0 Å². The molecule has 0 fully saturated rings. The molecule has 148 valence electrons. The lowest BCUT2D eigenvalue weighted by Crippen LogP contribution is -2.56. The van der Waals surface area contributed by atoms with Crippen molar-refractivity contribution in [1.82, 2.24) is 16.0 Å². The summed E-state index contributed by atoms with van der Waals surface area (Å²) in [7, 11) is 0. The molecule has 0 saturated heterocycles. The molecule has 0 aliphatic heterocycles. The Morgan fingerprint density at radius 2 is 1.69 bits per heavy atom. The van der Waals surface area contributed by atoms with Gasteiger partial charge in [-0.2, -0.15) is 11.8 Å². The molecule has 0 radical (unpaired) electrons. The molecule has 0 saturated carbocycles. The SMILES string of the molecule is CSCCC(N)C(=O)NC(CC(N)=O)C(=O)NC(C)C(=O)NCC(=O)O. The molecular formula is C14H25N5O6S. The van der Waals surface area contributed by atoms with Crippen molar-refractivity contribution in [3.8, 4) is 0 Å². The summed E-state index contributed by atoms with van der Waals surface area (Å²) in [5, 5.41) is 15.2. The van der Waals surface area contributed by atoms with E-state index in [9.17, 15) is 24.0 Å². The third-order valence-corrected chi connectivity index (χ3v) is 3.82. The Morgan fingerprint density at radius 3 is 2.19 bits per heavy atom. The number of nitrogens with one attached hydrogen (secondary N) is 3. The molecule has 0 aromatic rings. The van der Waals surface area contributed by atoms with Crippen LogP contribution in [0.15, 0.2) is 0 Å². The zero-order valence-corrected chi connectivity index (χ0v) is 15.4. The predicted molar refractivity (Wildman–Crippen MR) is 95.0 cm³/mol. The number of carbonyl (C=O) groups excluding carboxylic acids is 4. The Bertz CT molecular complexity index is 544. The highest BCUT2D eigenvalue weighted by molar-refractivity contribution is 7.98. The molecule has 26 heavy (non-hydrogen) atoms. The number of nitrogens with two attached hydrogens (primary N) is 2. The van der Waals surface area contributed by atoms with Crippen LogP contribution in [0.4, 0.5) is 0 Å². The van der Waals surface area contributed by atoms with Gasteiger partial charge >= 0.3 is 5.97 Å². The molecule has 3 unspecified atom stereocenters. The van der Waals surface area contributed by atoms with E-state index in [0.29, 0.717) is 12.2 Å². The summed E-state index contributed by atoms with van der Waals surface area (Å²) in [5.41, 5.74) is 10.8. The van der Waals surface area contributed by atoms with E-state index in [4.69, 9.17) is 16.6 Å². The van der Waals surface area contributed by atoms with Crippen molar-refractivity contribution < 1.29 is 29.1 Å². The van der Waals surface area contributed by atoms with Crippen LogP contribution in [0.3, 0.4) is 0 Å². The Morgan fingerprint density at radius 1 is 1.08 bits per heavy atom. The lowest BCUT2D eigenvalue weighted by atomic mass is 10.1. The van der Waals surface area contributed by atoms with Crippen molar-refractivity contribution in [1.29, 1.82) is 0 Å². The highest BCUT2D eigenvalue weighted by Crippen LogP contribution is 2.01. The molecular weight excluding hydrogens is 366 g/mol. The molecule has 0 bridgehead atoms. The van der Waals surface area contributed by atoms with Crippen LogP contribution in [0, 0.1) is 0 Å². The third-order valence-electron chi connectivity index (χ3n) is 3.17. The second-order valence-electron chi connectivity index (χ2n) is 5.46. The van der Waals surface area contributed by atoms with Gasteiger partial charge in [-0.3, -0.25) is 24.0 Å². The number of rotatable bonds is 12. The first-order valence-corrected chi connectivity index (χ1v) is 9.10. The topological polar surface area (TPSA) is 194 Å². The Labute approximate surface area is 155 Å². The highest BCUT2D eigenvalue weighted by Gasteiger charge is 2.27. The van der Waals surface area contributed by atoms with Crippen molar-refractivity contribution in [3.63, 3.8) is 0 Å². The standard InChI is InChI=1S/C14H25N5O6S/c1-7(12(23)17-6-11(21)22)18-14(25)9(5-10(16)20)19-13(24)8(15)3-4-26-2/h7-9H,3-6,15H2,1-2H3,(H2,16,20)(H,17,23)(H,18,25)(H,19,24)(H,21,22). The van der Waals surface area contributed by atoms with E-state index in [1.807, 2.05) is 6.26 Å². The van der Waals surface area contributed by atoms with E-state index in [-0.39, 0.29) is 0 Å². The van der Waals surface area contributed by atoms with Crippen LogP contribution in [-0.2, 0) is 24.0 Å². The number of hydrogen-bond donors (Lipinski definition) is 6. The van der Waals surface area contributed by atoms with Gasteiger partial charge in [0.05, 0.1) is 12.5 Å². The van der Waals surface area contributed by atoms with Gasteiger partial charge in [0.2, 0.25) is 23.6 Å². The monoisotopic (exact) mass is 391 g/mol. The summed E-state index contributed by atoms with van der Waals surface area (Å²) in [6.45, 7) is 0.716.